The second-order valence-electron chi connectivity index (χ2n) is 8.97. The number of hydrogen-bond acceptors (Lipinski definition) is 3. The topological polar surface area (TPSA) is 67.4 Å². The quantitative estimate of drug-likeness (QED) is 0.682. The normalized spacial score (nSPS) is 31.3. The predicted octanol–water partition coefficient (Wildman–Crippen LogP) is 4.51. The van der Waals surface area contributed by atoms with Crippen LogP contribution in [0.5, 0.6) is 5.75 Å². The third kappa shape index (κ3) is 4.25. The Morgan fingerprint density at radius 3 is 2.29 bits per heavy atom. The minimum Gasteiger partial charge on any atom is -0.479 e. The zero-order valence-corrected chi connectivity index (χ0v) is 17.5. The van der Waals surface area contributed by atoms with Crippen LogP contribution >= 0.6 is 23.2 Å². The third-order valence-corrected chi connectivity index (χ3v) is 7.12. The Morgan fingerprint density at radius 2 is 1.71 bits per heavy atom. The minimum absolute atomic E-state index is 0.118. The molecular weight excluding hydrogens is 399 g/mol. The zero-order chi connectivity index (χ0) is 19.9. The maximum Gasteiger partial charge on any atom is 0.279 e. The number of hydrogen-bond donors (Lipinski definition) is 2. The van der Waals surface area contributed by atoms with E-state index in [-0.39, 0.29) is 11.3 Å². The molecule has 5 rings (SSSR count). The van der Waals surface area contributed by atoms with Gasteiger partial charge in [0.2, 0.25) is 5.91 Å². The highest BCUT2D eigenvalue weighted by Crippen LogP contribution is 2.61. The molecule has 4 aliphatic rings. The lowest BCUT2D eigenvalue weighted by Crippen LogP contribution is -2.51. The van der Waals surface area contributed by atoms with Crippen LogP contribution in [0.4, 0.5) is 0 Å². The highest BCUT2D eigenvalue weighted by atomic mass is 35.5. The van der Waals surface area contributed by atoms with Gasteiger partial charge in [-0.3, -0.25) is 20.4 Å². The zero-order valence-electron chi connectivity index (χ0n) is 16.0. The largest absolute Gasteiger partial charge is 0.479 e. The maximum absolute atomic E-state index is 12.5. The van der Waals surface area contributed by atoms with Crippen molar-refractivity contribution in [2.75, 3.05) is 0 Å². The predicted molar refractivity (Wildman–Crippen MR) is 108 cm³/mol. The molecule has 0 spiro atoms. The van der Waals surface area contributed by atoms with Gasteiger partial charge in [0.15, 0.2) is 6.10 Å². The fraction of sp³-hybridized carbons (Fsp3) is 0.619. The van der Waals surface area contributed by atoms with Crippen LogP contribution in [0.15, 0.2) is 18.2 Å². The molecule has 5 nitrogen and oxygen atoms in total. The van der Waals surface area contributed by atoms with Crippen LogP contribution < -0.4 is 15.6 Å². The molecule has 0 aliphatic heterocycles. The Kier molecular flexibility index (Phi) is 5.49. The fourth-order valence-electron chi connectivity index (χ4n) is 5.94. The van der Waals surface area contributed by atoms with Crippen molar-refractivity contribution >= 4 is 35.0 Å². The first-order valence-corrected chi connectivity index (χ1v) is 10.8. The van der Waals surface area contributed by atoms with Crippen LogP contribution in [0, 0.1) is 23.2 Å². The lowest BCUT2D eigenvalue weighted by molar-refractivity contribution is -0.136. The molecule has 0 radical (unpaired) electrons. The minimum atomic E-state index is -0.807. The third-order valence-electron chi connectivity index (χ3n) is 6.59. The highest BCUT2D eigenvalue weighted by molar-refractivity contribution is 6.35. The summed E-state index contributed by atoms with van der Waals surface area (Å²) in [4.78, 5) is 24.8. The molecule has 4 bridgehead atoms. The molecule has 1 aromatic rings. The van der Waals surface area contributed by atoms with Crippen molar-refractivity contribution < 1.29 is 14.3 Å². The van der Waals surface area contributed by atoms with Crippen LogP contribution in [-0.2, 0) is 9.59 Å². The second-order valence-corrected chi connectivity index (χ2v) is 9.81. The molecule has 1 aromatic carbocycles. The number of hydrazine groups is 1. The van der Waals surface area contributed by atoms with Gasteiger partial charge in [0.05, 0.1) is 5.02 Å². The molecule has 1 atom stereocenters. The SMILES string of the molecule is C[C@@H](Oc1ccc(Cl)cc1Cl)C(=O)NNC(=O)CC12CC3CC(CC(C3)C1)C2. The van der Waals surface area contributed by atoms with Crippen molar-refractivity contribution in [3.63, 3.8) is 0 Å². The molecule has 152 valence electrons. The van der Waals surface area contributed by atoms with Crippen molar-refractivity contribution in [3.8, 4) is 5.75 Å². The van der Waals surface area contributed by atoms with Gasteiger partial charge in [0.25, 0.3) is 5.91 Å². The summed E-state index contributed by atoms with van der Waals surface area (Å²) in [5.41, 5.74) is 5.20. The summed E-state index contributed by atoms with van der Waals surface area (Å²) in [5.74, 6) is 2.22. The summed E-state index contributed by atoms with van der Waals surface area (Å²) >= 11 is 11.9. The van der Waals surface area contributed by atoms with Crippen molar-refractivity contribution in [3.05, 3.63) is 28.2 Å². The summed E-state index contributed by atoms with van der Waals surface area (Å²) in [7, 11) is 0. The first-order chi connectivity index (χ1) is 13.3. The first-order valence-electron chi connectivity index (χ1n) is 10.0. The number of benzene rings is 1. The molecule has 2 N–H and O–H groups in total. The Labute approximate surface area is 175 Å². The molecule has 28 heavy (non-hydrogen) atoms. The van der Waals surface area contributed by atoms with E-state index < -0.39 is 12.0 Å². The summed E-state index contributed by atoms with van der Waals surface area (Å²) in [6.45, 7) is 1.60. The molecule has 0 heterocycles. The van der Waals surface area contributed by atoms with Gasteiger partial charge in [0.1, 0.15) is 5.75 Å². The summed E-state index contributed by atoms with van der Waals surface area (Å²) in [6, 6.07) is 4.80. The molecule has 0 unspecified atom stereocenters. The van der Waals surface area contributed by atoms with Crippen LogP contribution in [0.2, 0.25) is 10.0 Å². The second kappa shape index (κ2) is 7.75. The smallest absolute Gasteiger partial charge is 0.279 e. The number of carbonyl (C=O) groups is 2. The van der Waals surface area contributed by atoms with E-state index in [1.807, 2.05) is 0 Å². The number of carbonyl (C=O) groups excluding carboxylic acids is 2. The van der Waals surface area contributed by atoms with E-state index in [9.17, 15) is 9.59 Å². The van der Waals surface area contributed by atoms with Crippen molar-refractivity contribution in [2.45, 2.75) is 58.0 Å². The maximum atomic E-state index is 12.5. The van der Waals surface area contributed by atoms with Gasteiger partial charge in [-0.25, -0.2) is 0 Å². The lowest BCUT2D eigenvalue weighted by atomic mass is 9.49. The monoisotopic (exact) mass is 424 g/mol. The molecule has 7 heteroatoms. The fourth-order valence-corrected chi connectivity index (χ4v) is 6.39. The summed E-state index contributed by atoms with van der Waals surface area (Å²) in [5, 5.41) is 0.824. The van der Waals surface area contributed by atoms with Crippen LogP contribution in [0.1, 0.15) is 51.9 Å². The Hall–Kier alpha value is -1.46. The standard InChI is InChI=1S/C21H26Cl2N2O3/c1-12(28-18-3-2-16(22)7-17(18)23)20(27)25-24-19(26)11-21-8-13-4-14(9-21)6-15(5-13)10-21/h2-3,7,12-15H,4-6,8-11H2,1H3,(H,24,26)(H,25,27)/t12-,13?,14?,15?,21?/m1/s1. The number of rotatable bonds is 5. The average molecular weight is 425 g/mol. The van der Waals surface area contributed by atoms with Gasteiger partial charge >= 0.3 is 0 Å². The van der Waals surface area contributed by atoms with E-state index in [2.05, 4.69) is 10.9 Å². The Bertz CT molecular complexity index is 748. The van der Waals surface area contributed by atoms with E-state index in [4.69, 9.17) is 27.9 Å². The van der Waals surface area contributed by atoms with E-state index >= 15 is 0 Å². The van der Waals surface area contributed by atoms with Gasteiger partial charge in [-0.05, 0) is 86.8 Å². The molecule has 4 fully saturated rings. The van der Waals surface area contributed by atoms with E-state index in [0.29, 0.717) is 22.2 Å². The summed E-state index contributed by atoms with van der Waals surface area (Å²) in [6.07, 6.45) is 7.21. The number of ether oxygens (including phenoxy) is 1. The van der Waals surface area contributed by atoms with Crippen LogP contribution in [-0.4, -0.2) is 17.9 Å². The van der Waals surface area contributed by atoms with Gasteiger partial charge in [0, 0.05) is 11.4 Å². The Morgan fingerprint density at radius 1 is 1.11 bits per heavy atom. The van der Waals surface area contributed by atoms with E-state index in [1.54, 1.807) is 25.1 Å². The number of halogens is 2. The van der Waals surface area contributed by atoms with Crippen LogP contribution in [0.3, 0.4) is 0 Å². The van der Waals surface area contributed by atoms with Crippen molar-refractivity contribution in [1.29, 1.82) is 0 Å². The Balaban J connectivity index is 1.27. The average Bonchev–Trinajstić information content (AvgIpc) is 2.60. The van der Waals surface area contributed by atoms with E-state index in [0.717, 1.165) is 37.0 Å². The molecule has 0 aromatic heterocycles. The number of amides is 2. The van der Waals surface area contributed by atoms with Crippen LogP contribution in [0.25, 0.3) is 0 Å². The van der Waals surface area contributed by atoms with Gasteiger partial charge in [-0.1, -0.05) is 23.2 Å². The molecular formula is C21H26Cl2N2O3. The molecule has 0 saturated heterocycles. The molecule has 4 aliphatic carbocycles. The van der Waals surface area contributed by atoms with E-state index in [1.165, 1.54) is 19.3 Å². The highest BCUT2D eigenvalue weighted by Gasteiger charge is 2.51. The van der Waals surface area contributed by atoms with Gasteiger partial charge < -0.3 is 4.74 Å². The van der Waals surface area contributed by atoms with Gasteiger partial charge in [-0.15, -0.1) is 0 Å². The van der Waals surface area contributed by atoms with Crippen molar-refractivity contribution in [1.82, 2.24) is 10.9 Å². The number of nitrogens with one attached hydrogen (secondary N) is 2. The van der Waals surface area contributed by atoms with Crippen molar-refractivity contribution in [2.24, 2.45) is 23.2 Å². The molecule has 2 amide bonds. The van der Waals surface area contributed by atoms with Gasteiger partial charge in [-0.2, -0.15) is 0 Å². The molecule has 4 saturated carbocycles. The first kappa shape index (κ1) is 19.8. The summed E-state index contributed by atoms with van der Waals surface area (Å²) < 4.78 is 5.57. The lowest BCUT2D eigenvalue weighted by Gasteiger charge is -2.56.